The molecule has 0 spiro atoms. The van der Waals surface area contributed by atoms with Gasteiger partial charge in [-0.2, -0.15) is 4.98 Å². The van der Waals surface area contributed by atoms with Gasteiger partial charge in [0.05, 0.1) is 4.88 Å². The average Bonchev–Trinajstić information content (AvgIpc) is 2.93. The fraction of sp³-hybridized carbons (Fsp3) is 0.769. The standard InChI is InChI=1S/C13H20N2OS/c1-7(2)11-12(16)15-13(17-11)14-10-6-8-3-4-9(10)5-8/h7-10,16H,3-6H2,1-2H3,(H,14,15). The van der Waals surface area contributed by atoms with Crippen LogP contribution < -0.4 is 5.32 Å². The molecule has 2 fully saturated rings. The van der Waals surface area contributed by atoms with E-state index in [1.54, 1.807) is 11.3 Å². The van der Waals surface area contributed by atoms with Crippen molar-refractivity contribution < 1.29 is 5.11 Å². The van der Waals surface area contributed by atoms with Crippen LogP contribution in [-0.4, -0.2) is 16.1 Å². The molecule has 2 bridgehead atoms. The third-order valence-corrected chi connectivity index (χ3v) is 5.48. The summed E-state index contributed by atoms with van der Waals surface area (Å²) < 4.78 is 0. The number of rotatable bonds is 3. The molecule has 94 valence electrons. The number of aromatic hydroxyl groups is 1. The molecule has 0 saturated heterocycles. The van der Waals surface area contributed by atoms with Crippen molar-refractivity contribution in [1.82, 2.24) is 4.98 Å². The number of hydrogen-bond acceptors (Lipinski definition) is 4. The second kappa shape index (κ2) is 4.16. The number of hydrogen-bond donors (Lipinski definition) is 2. The minimum Gasteiger partial charge on any atom is -0.492 e. The van der Waals surface area contributed by atoms with E-state index in [0.717, 1.165) is 21.8 Å². The minimum atomic E-state index is 0.218. The molecule has 2 saturated carbocycles. The van der Waals surface area contributed by atoms with Gasteiger partial charge in [-0.05, 0) is 37.0 Å². The van der Waals surface area contributed by atoms with Crippen LogP contribution in [0.1, 0.15) is 50.3 Å². The highest BCUT2D eigenvalue weighted by molar-refractivity contribution is 7.16. The summed E-state index contributed by atoms with van der Waals surface area (Å²) in [4.78, 5) is 5.24. The van der Waals surface area contributed by atoms with Gasteiger partial charge in [0.2, 0.25) is 5.88 Å². The normalized spacial score (nSPS) is 31.4. The predicted octanol–water partition coefficient (Wildman–Crippen LogP) is 3.57. The van der Waals surface area contributed by atoms with E-state index in [-0.39, 0.29) is 5.88 Å². The van der Waals surface area contributed by atoms with Crippen LogP contribution >= 0.6 is 11.3 Å². The van der Waals surface area contributed by atoms with Gasteiger partial charge in [-0.1, -0.05) is 31.6 Å². The molecule has 17 heavy (non-hydrogen) atoms. The largest absolute Gasteiger partial charge is 0.492 e. The molecule has 2 N–H and O–H groups in total. The Kier molecular flexibility index (Phi) is 2.77. The summed E-state index contributed by atoms with van der Waals surface area (Å²) in [5, 5.41) is 14.2. The lowest BCUT2D eigenvalue weighted by Gasteiger charge is -2.22. The van der Waals surface area contributed by atoms with Crippen LogP contribution in [0.25, 0.3) is 0 Å². The van der Waals surface area contributed by atoms with Crippen molar-refractivity contribution in [1.29, 1.82) is 0 Å². The van der Waals surface area contributed by atoms with Gasteiger partial charge in [0, 0.05) is 6.04 Å². The van der Waals surface area contributed by atoms with Crippen LogP contribution in [0.15, 0.2) is 0 Å². The van der Waals surface area contributed by atoms with Gasteiger partial charge in [-0.3, -0.25) is 0 Å². The van der Waals surface area contributed by atoms with Gasteiger partial charge >= 0.3 is 0 Å². The number of nitrogens with one attached hydrogen (secondary N) is 1. The van der Waals surface area contributed by atoms with Crippen molar-refractivity contribution in [3.8, 4) is 5.88 Å². The maximum absolute atomic E-state index is 9.77. The summed E-state index contributed by atoms with van der Waals surface area (Å²) in [6.07, 6.45) is 5.48. The molecule has 3 rings (SSSR count). The molecular weight excluding hydrogens is 232 g/mol. The second-order valence-electron chi connectivity index (χ2n) is 5.79. The summed E-state index contributed by atoms with van der Waals surface area (Å²) in [5.74, 6) is 2.35. The highest BCUT2D eigenvalue weighted by Gasteiger charge is 2.39. The summed E-state index contributed by atoms with van der Waals surface area (Å²) in [6.45, 7) is 4.18. The first-order valence-corrected chi connectivity index (χ1v) is 7.41. The van der Waals surface area contributed by atoms with Crippen LogP contribution in [0, 0.1) is 11.8 Å². The minimum absolute atomic E-state index is 0.218. The molecular formula is C13H20N2OS. The van der Waals surface area contributed by atoms with Crippen LogP contribution in [-0.2, 0) is 0 Å². The van der Waals surface area contributed by atoms with E-state index in [1.807, 2.05) is 0 Å². The maximum atomic E-state index is 9.77. The van der Waals surface area contributed by atoms with Crippen LogP contribution in [0.5, 0.6) is 5.88 Å². The zero-order valence-electron chi connectivity index (χ0n) is 10.4. The van der Waals surface area contributed by atoms with Crippen molar-refractivity contribution >= 4 is 16.5 Å². The zero-order valence-corrected chi connectivity index (χ0v) is 11.3. The average molecular weight is 252 g/mol. The Morgan fingerprint density at radius 2 is 2.18 bits per heavy atom. The molecule has 1 aromatic heterocycles. The third-order valence-electron chi connectivity index (χ3n) is 4.21. The van der Waals surface area contributed by atoms with Crippen molar-refractivity contribution in [2.45, 2.75) is 51.5 Å². The first-order valence-electron chi connectivity index (χ1n) is 6.59. The number of nitrogens with zero attached hydrogens (tertiary/aromatic N) is 1. The number of thiazole rings is 1. The Morgan fingerprint density at radius 1 is 1.35 bits per heavy atom. The van der Waals surface area contributed by atoms with Crippen molar-refractivity contribution in [3.05, 3.63) is 4.88 Å². The van der Waals surface area contributed by atoms with E-state index in [0.29, 0.717) is 12.0 Å². The number of anilines is 1. The molecule has 1 heterocycles. The van der Waals surface area contributed by atoms with Crippen LogP contribution in [0.4, 0.5) is 5.13 Å². The molecule has 2 aliphatic carbocycles. The molecule has 3 nitrogen and oxygen atoms in total. The summed E-state index contributed by atoms with van der Waals surface area (Å²) in [6, 6.07) is 0.597. The lowest BCUT2D eigenvalue weighted by Crippen LogP contribution is -2.25. The molecule has 3 atom stereocenters. The van der Waals surface area contributed by atoms with E-state index < -0.39 is 0 Å². The molecule has 0 aromatic carbocycles. The summed E-state index contributed by atoms with van der Waals surface area (Å²) in [7, 11) is 0. The smallest absolute Gasteiger partial charge is 0.227 e. The maximum Gasteiger partial charge on any atom is 0.227 e. The highest BCUT2D eigenvalue weighted by atomic mass is 32.1. The molecule has 0 aliphatic heterocycles. The molecule has 0 amide bonds. The monoisotopic (exact) mass is 252 g/mol. The first kappa shape index (κ1) is 11.3. The summed E-state index contributed by atoms with van der Waals surface area (Å²) >= 11 is 1.61. The Hall–Kier alpha value is -0.770. The topological polar surface area (TPSA) is 45.2 Å². The van der Waals surface area contributed by atoms with Crippen LogP contribution in [0.3, 0.4) is 0 Å². The quantitative estimate of drug-likeness (QED) is 0.864. The van der Waals surface area contributed by atoms with Gasteiger partial charge in [-0.25, -0.2) is 0 Å². The number of aromatic nitrogens is 1. The lowest BCUT2D eigenvalue weighted by atomic mass is 9.96. The van der Waals surface area contributed by atoms with E-state index in [2.05, 4.69) is 24.1 Å². The predicted molar refractivity (Wildman–Crippen MR) is 70.7 cm³/mol. The Bertz CT molecular complexity index is 416. The molecule has 2 aliphatic rings. The third kappa shape index (κ3) is 2.03. The SMILES string of the molecule is CC(C)c1sc(NC2CC3CCC2C3)nc1O. The number of fused-ring (bicyclic) bond motifs is 2. The van der Waals surface area contributed by atoms with E-state index in [9.17, 15) is 5.11 Å². The van der Waals surface area contributed by atoms with Gasteiger partial charge in [-0.15, -0.1) is 0 Å². The molecule has 1 aromatic rings. The van der Waals surface area contributed by atoms with E-state index in [1.165, 1.54) is 25.7 Å². The van der Waals surface area contributed by atoms with Gasteiger partial charge in [0.15, 0.2) is 5.13 Å². The van der Waals surface area contributed by atoms with Crippen LogP contribution in [0.2, 0.25) is 0 Å². The van der Waals surface area contributed by atoms with Crippen molar-refractivity contribution in [3.63, 3.8) is 0 Å². The van der Waals surface area contributed by atoms with Crippen molar-refractivity contribution in [2.75, 3.05) is 5.32 Å². The fourth-order valence-corrected chi connectivity index (χ4v) is 4.27. The van der Waals surface area contributed by atoms with Gasteiger partial charge in [0.1, 0.15) is 0 Å². The van der Waals surface area contributed by atoms with E-state index in [4.69, 9.17) is 0 Å². The molecule has 0 radical (unpaired) electrons. The Morgan fingerprint density at radius 3 is 2.71 bits per heavy atom. The second-order valence-corrected chi connectivity index (χ2v) is 6.82. The highest BCUT2D eigenvalue weighted by Crippen LogP contribution is 2.46. The molecule has 4 heteroatoms. The fourth-order valence-electron chi connectivity index (χ4n) is 3.34. The Balaban J connectivity index is 1.71. The van der Waals surface area contributed by atoms with E-state index >= 15 is 0 Å². The van der Waals surface area contributed by atoms with Gasteiger partial charge in [0.25, 0.3) is 0 Å². The molecule has 3 unspecified atom stereocenters. The van der Waals surface area contributed by atoms with Crippen molar-refractivity contribution in [2.24, 2.45) is 11.8 Å². The zero-order chi connectivity index (χ0) is 12.0. The lowest BCUT2D eigenvalue weighted by molar-refractivity contribution is 0.436. The summed E-state index contributed by atoms with van der Waals surface area (Å²) in [5.41, 5.74) is 0. The first-order chi connectivity index (χ1) is 8.13. The van der Waals surface area contributed by atoms with Gasteiger partial charge < -0.3 is 10.4 Å². The Labute approximate surface area is 106 Å².